The Kier molecular flexibility index (Phi) is 4.60. The number of hydrogen-bond donors (Lipinski definition) is 1. The van der Waals surface area contributed by atoms with Crippen molar-refractivity contribution >= 4 is 11.8 Å². The van der Waals surface area contributed by atoms with Gasteiger partial charge in [-0.1, -0.05) is 0 Å². The van der Waals surface area contributed by atoms with Crippen LogP contribution in [0, 0.1) is 0 Å². The largest absolute Gasteiger partial charge is 0.495 e. The molecule has 0 aromatic carbocycles. The van der Waals surface area contributed by atoms with Crippen LogP contribution >= 0.6 is 0 Å². The van der Waals surface area contributed by atoms with E-state index in [2.05, 4.69) is 20.3 Å². The molecule has 0 fully saturated rings. The third-order valence-corrected chi connectivity index (χ3v) is 3.07. The van der Waals surface area contributed by atoms with Crippen molar-refractivity contribution in [1.29, 1.82) is 0 Å². The number of rotatable bonds is 6. The van der Waals surface area contributed by atoms with Crippen LogP contribution in [0.2, 0.25) is 0 Å². The highest BCUT2D eigenvalue weighted by molar-refractivity contribution is 5.55. The zero-order chi connectivity index (χ0) is 16.9. The van der Waals surface area contributed by atoms with Crippen LogP contribution in [0.4, 0.5) is 11.8 Å². The topological polar surface area (TPSA) is 82.3 Å². The Balaban J connectivity index is 1.73. The molecule has 7 heteroatoms. The molecular weight excluding hydrogens is 308 g/mol. The number of pyridine rings is 2. The Morgan fingerprint density at radius 1 is 1.04 bits per heavy atom. The lowest BCUT2D eigenvalue weighted by Gasteiger charge is -2.10. The van der Waals surface area contributed by atoms with Crippen molar-refractivity contribution in [3.63, 3.8) is 0 Å². The quantitative estimate of drug-likeness (QED) is 0.740. The van der Waals surface area contributed by atoms with Crippen molar-refractivity contribution < 1.29 is 13.9 Å². The molecule has 0 spiro atoms. The van der Waals surface area contributed by atoms with E-state index in [9.17, 15) is 0 Å². The molecule has 0 atom stereocenters. The number of ether oxygens (including phenoxy) is 2. The maximum atomic E-state index is 5.66. The monoisotopic (exact) mass is 326 g/mol. The molecule has 7 nitrogen and oxygen atoms in total. The van der Waals surface area contributed by atoms with E-state index in [0.29, 0.717) is 29.0 Å². The van der Waals surface area contributed by atoms with E-state index in [0.717, 1.165) is 5.75 Å². The highest BCUT2D eigenvalue weighted by atomic mass is 16.5. The third-order valence-electron chi connectivity index (χ3n) is 3.07. The molecule has 1 N–H and O–H groups in total. The number of oxazole rings is 1. The van der Waals surface area contributed by atoms with E-state index >= 15 is 0 Å². The Bertz CT molecular complexity index is 800. The molecule has 0 aliphatic heterocycles. The van der Waals surface area contributed by atoms with Crippen LogP contribution in [0.15, 0.2) is 47.3 Å². The summed E-state index contributed by atoms with van der Waals surface area (Å²) in [5, 5.41) is 3.01. The minimum atomic E-state index is 0.0923. The molecule has 0 aliphatic rings. The van der Waals surface area contributed by atoms with Crippen molar-refractivity contribution in [3.05, 3.63) is 42.9 Å². The Hall–Kier alpha value is -3.09. The molecule has 0 aliphatic carbocycles. The van der Waals surface area contributed by atoms with Crippen molar-refractivity contribution in [2.45, 2.75) is 20.0 Å². The van der Waals surface area contributed by atoms with Gasteiger partial charge in [0.1, 0.15) is 23.0 Å². The highest BCUT2D eigenvalue weighted by Gasteiger charge is 2.09. The fraction of sp³-hybridized carbons (Fsp3) is 0.235. The molecule has 24 heavy (non-hydrogen) atoms. The summed E-state index contributed by atoms with van der Waals surface area (Å²) in [6.45, 7) is 3.94. The number of nitrogens with one attached hydrogen (secondary N) is 1. The minimum Gasteiger partial charge on any atom is -0.495 e. The lowest BCUT2D eigenvalue weighted by Crippen LogP contribution is -2.06. The van der Waals surface area contributed by atoms with E-state index in [1.807, 2.05) is 19.9 Å². The summed E-state index contributed by atoms with van der Waals surface area (Å²) < 4.78 is 16.4. The van der Waals surface area contributed by atoms with Crippen molar-refractivity contribution in [1.82, 2.24) is 15.0 Å². The third kappa shape index (κ3) is 3.81. The average molecular weight is 326 g/mol. The van der Waals surface area contributed by atoms with Gasteiger partial charge in [0.2, 0.25) is 0 Å². The first-order valence-corrected chi connectivity index (χ1v) is 7.50. The maximum Gasteiger partial charge on any atom is 0.300 e. The van der Waals surface area contributed by atoms with Crippen LogP contribution in [0.5, 0.6) is 11.5 Å². The SMILES string of the molecule is COc1ccc(-c2cnc(Nc3cc(OC(C)C)ccn3)o2)nc1. The first-order chi connectivity index (χ1) is 11.6. The van der Waals surface area contributed by atoms with Gasteiger partial charge in [0.15, 0.2) is 5.76 Å². The molecule has 0 bridgehead atoms. The molecule has 3 heterocycles. The molecule has 124 valence electrons. The predicted octanol–water partition coefficient (Wildman–Crippen LogP) is 3.67. The van der Waals surface area contributed by atoms with E-state index in [-0.39, 0.29) is 6.10 Å². The summed E-state index contributed by atoms with van der Waals surface area (Å²) in [5.74, 6) is 2.55. The molecule has 0 amide bonds. The van der Waals surface area contributed by atoms with Gasteiger partial charge in [-0.15, -0.1) is 0 Å². The van der Waals surface area contributed by atoms with Crippen LogP contribution in [0.1, 0.15) is 13.8 Å². The molecule has 0 saturated carbocycles. The molecule has 0 saturated heterocycles. The number of aromatic nitrogens is 3. The fourth-order valence-electron chi connectivity index (χ4n) is 2.03. The molecule has 0 radical (unpaired) electrons. The van der Waals surface area contributed by atoms with Crippen LogP contribution in [-0.2, 0) is 0 Å². The van der Waals surface area contributed by atoms with Crippen molar-refractivity contribution in [2.24, 2.45) is 0 Å². The van der Waals surface area contributed by atoms with Crippen molar-refractivity contribution in [3.8, 4) is 23.0 Å². The lowest BCUT2D eigenvalue weighted by molar-refractivity contribution is 0.242. The number of nitrogens with zero attached hydrogens (tertiary/aromatic N) is 3. The Morgan fingerprint density at radius 3 is 2.62 bits per heavy atom. The zero-order valence-electron chi connectivity index (χ0n) is 13.7. The Labute approximate surface area is 139 Å². The summed E-state index contributed by atoms with van der Waals surface area (Å²) in [6.07, 6.45) is 4.98. The number of methoxy groups -OCH3 is 1. The maximum absolute atomic E-state index is 5.66. The second-order valence-corrected chi connectivity index (χ2v) is 5.28. The molecule has 3 aromatic rings. The van der Waals surface area contributed by atoms with Gasteiger partial charge >= 0.3 is 6.01 Å². The first kappa shape index (κ1) is 15.8. The highest BCUT2D eigenvalue weighted by Crippen LogP contribution is 2.24. The van der Waals surface area contributed by atoms with Gasteiger partial charge in [-0.3, -0.25) is 5.32 Å². The van der Waals surface area contributed by atoms with Gasteiger partial charge in [0.25, 0.3) is 0 Å². The summed E-state index contributed by atoms with van der Waals surface area (Å²) in [5.41, 5.74) is 0.668. The van der Waals surface area contributed by atoms with Gasteiger partial charge in [-0.05, 0) is 32.0 Å². The van der Waals surface area contributed by atoms with Crippen LogP contribution < -0.4 is 14.8 Å². The molecule has 3 aromatic heterocycles. The zero-order valence-corrected chi connectivity index (χ0v) is 13.7. The number of anilines is 2. The van der Waals surface area contributed by atoms with Gasteiger partial charge in [0, 0.05) is 12.3 Å². The molecule has 3 rings (SSSR count). The normalized spacial score (nSPS) is 10.7. The fourth-order valence-corrected chi connectivity index (χ4v) is 2.03. The average Bonchev–Trinajstić information content (AvgIpc) is 3.03. The van der Waals surface area contributed by atoms with Gasteiger partial charge < -0.3 is 13.9 Å². The first-order valence-electron chi connectivity index (χ1n) is 7.50. The lowest BCUT2D eigenvalue weighted by atomic mass is 10.3. The molecule has 0 unspecified atom stereocenters. The minimum absolute atomic E-state index is 0.0923. The smallest absolute Gasteiger partial charge is 0.300 e. The molecular formula is C17H18N4O3. The predicted molar refractivity (Wildman–Crippen MR) is 89.6 cm³/mol. The standard InChI is InChI=1S/C17H18N4O3/c1-11(2)23-12-6-7-18-16(8-12)21-17-20-10-15(24-17)14-5-4-13(22-3)9-19-14/h4-11H,1-3H3,(H,18,20,21). The summed E-state index contributed by atoms with van der Waals surface area (Å²) in [6, 6.07) is 7.53. The summed E-state index contributed by atoms with van der Waals surface area (Å²) in [7, 11) is 1.59. The summed E-state index contributed by atoms with van der Waals surface area (Å²) >= 11 is 0. The van der Waals surface area contributed by atoms with Crippen LogP contribution in [-0.4, -0.2) is 28.2 Å². The van der Waals surface area contributed by atoms with E-state index in [4.69, 9.17) is 13.9 Å². The van der Waals surface area contributed by atoms with Crippen molar-refractivity contribution in [2.75, 3.05) is 12.4 Å². The van der Waals surface area contributed by atoms with Crippen LogP contribution in [0.25, 0.3) is 11.5 Å². The van der Waals surface area contributed by atoms with Gasteiger partial charge in [-0.25, -0.2) is 15.0 Å². The second-order valence-electron chi connectivity index (χ2n) is 5.28. The van der Waals surface area contributed by atoms with E-state index < -0.39 is 0 Å². The Morgan fingerprint density at radius 2 is 1.92 bits per heavy atom. The van der Waals surface area contributed by atoms with E-state index in [1.165, 1.54) is 0 Å². The van der Waals surface area contributed by atoms with Gasteiger partial charge in [0.05, 0.1) is 25.6 Å². The number of hydrogen-bond acceptors (Lipinski definition) is 7. The summed E-state index contributed by atoms with van der Waals surface area (Å²) in [4.78, 5) is 12.7. The van der Waals surface area contributed by atoms with E-state index in [1.54, 1.807) is 43.9 Å². The second kappa shape index (κ2) is 6.99. The van der Waals surface area contributed by atoms with Crippen LogP contribution in [0.3, 0.4) is 0 Å². The van der Waals surface area contributed by atoms with Gasteiger partial charge in [-0.2, -0.15) is 0 Å².